The third kappa shape index (κ3) is 4.79. The molecule has 1 aromatic rings. The topological polar surface area (TPSA) is 21.3 Å². The third-order valence-corrected chi connectivity index (χ3v) is 3.34. The van der Waals surface area contributed by atoms with Gasteiger partial charge in [0, 0.05) is 6.61 Å². The zero-order chi connectivity index (χ0) is 13.4. The molecular formula is C16H27NO. The second-order valence-corrected chi connectivity index (χ2v) is 4.98. The Balaban J connectivity index is 2.52. The van der Waals surface area contributed by atoms with Gasteiger partial charge in [-0.05, 0) is 38.4 Å². The van der Waals surface area contributed by atoms with Crippen LogP contribution in [-0.4, -0.2) is 20.3 Å². The van der Waals surface area contributed by atoms with Crippen molar-refractivity contribution in [2.24, 2.45) is 0 Å². The summed E-state index contributed by atoms with van der Waals surface area (Å²) < 4.78 is 5.78. The largest absolute Gasteiger partial charge is 0.379 e. The average Bonchev–Trinajstić information content (AvgIpc) is 2.37. The average molecular weight is 249 g/mol. The van der Waals surface area contributed by atoms with Gasteiger partial charge in [0.05, 0.1) is 12.6 Å². The molecule has 0 aliphatic rings. The summed E-state index contributed by atoms with van der Waals surface area (Å²) in [7, 11) is 2.00. The third-order valence-electron chi connectivity index (χ3n) is 3.34. The molecule has 0 saturated heterocycles. The molecule has 0 aliphatic heterocycles. The van der Waals surface area contributed by atoms with E-state index in [1.807, 2.05) is 7.05 Å². The van der Waals surface area contributed by atoms with Crippen molar-refractivity contribution < 1.29 is 4.74 Å². The van der Waals surface area contributed by atoms with Gasteiger partial charge in [0.1, 0.15) is 0 Å². The highest BCUT2D eigenvalue weighted by Gasteiger charge is 2.11. The summed E-state index contributed by atoms with van der Waals surface area (Å²) in [5, 5.41) is 3.35. The fourth-order valence-corrected chi connectivity index (χ4v) is 2.12. The van der Waals surface area contributed by atoms with Crippen molar-refractivity contribution >= 4 is 0 Å². The van der Waals surface area contributed by atoms with Crippen LogP contribution in [0.1, 0.15) is 48.9 Å². The molecule has 2 heteroatoms. The lowest BCUT2D eigenvalue weighted by Crippen LogP contribution is -2.23. The van der Waals surface area contributed by atoms with Crippen molar-refractivity contribution in [1.82, 2.24) is 5.32 Å². The van der Waals surface area contributed by atoms with Crippen LogP contribution in [0.5, 0.6) is 0 Å². The van der Waals surface area contributed by atoms with Crippen LogP contribution in [0, 0.1) is 13.8 Å². The molecule has 1 rings (SSSR count). The first-order valence-electron chi connectivity index (χ1n) is 7.01. The molecule has 0 heterocycles. The first-order chi connectivity index (χ1) is 8.69. The maximum absolute atomic E-state index is 5.78. The monoisotopic (exact) mass is 249 g/mol. The van der Waals surface area contributed by atoms with E-state index in [-0.39, 0.29) is 0 Å². The lowest BCUT2D eigenvalue weighted by atomic mass is 9.99. The number of benzene rings is 1. The molecule has 0 bridgehead atoms. The van der Waals surface area contributed by atoms with Gasteiger partial charge in [-0.3, -0.25) is 0 Å². The van der Waals surface area contributed by atoms with Gasteiger partial charge in [-0.1, -0.05) is 43.5 Å². The van der Waals surface area contributed by atoms with Crippen LogP contribution in [0.4, 0.5) is 0 Å². The minimum Gasteiger partial charge on any atom is -0.379 e. The molecule has 0 fully saturated rings. The van der Waals surface area contributed by atoms with Gasteiger partial charge < -0.3 is 10.1 Å². The van der Waals surface area contributed by atoms with Gasteiger partial charge in [0.15, 0.2) is 0 Å². The minimum atomic E-state index is 0.298. The van der Waals surface area contributed by atoms with E-state index < -0.39 is 0 Å². The van der Waals surface area contributed by atoms with E-state index >= 15 is 0 Å². The number of likely N-dealkylation sites (N-methyl/N-ethyl adjacent to an activating group) is 1. The predicted molar refractivity (Wildman–Crippen MR) is 78.1 cm³/mol. The van der Waals surface area contributed by atoms with Crippen LogP contribution in [0.3, 0.4) is 0 Å². The molecule has 1 N–H and O–H groups in total. The van der Waals surface area contributed by atoms with Gasteiger partial charge in [-0.25, -0.2) is 0 Å². The Morgan fingerprint density at radius 3 is 2.67 bits per heavy atom. The molecule has 0 amide bonds. The van der Waals surface area contributed by atoms with E-state index in [0.29, 0.717) is 6.04 Å². The molecule has 1 atom stereocenters. The lowest BCUT2D eigenvalue weighted by molar-refractivity contribution is 0.110. The fourth-order valence-electron chi connectivity index (χ4n) is 2.12. The zero-order valence-electron chi connectivity index (χ0n) is 12.3. The molecule has 102 valence electrons. The maximum atomic E-state index is 5.78. The van der Waals surface area contributed by atoms with Crippen molar-refractivity contribution in [1.29, 1.82) is 0 Å². The second kappa shape index (κ2) is 8.28. The first-order valence-corrected chi connectivity index (χ1v) is 7.01. The van der Waals surface area contributed by atoms with Crippen molar-refractivity contribution in [3.8, 4) is 0 Å². The second-order valence-electron chi connectivity index (χ2n) is 4.98. The Morgan fingerprint density at radius 1 is 1.22 bits per heavy atom. The minimum absolute atomic E-state index is 0.298. The molecule has 18 heavy (non-hydrogen) atoms. The standard InChI is InChI=1S/C16H27NO/c1-5-6-7-10-18-12-16(17-4)15-11-13(2)8-9-14(15)3/h8-9,11,16-17H,5-7,10,12H2,1-4H3. The number of unbranched alkanes of at least 4 members (excludes halogenated alkanes) is 2. The highest BCUT2D eigenvalue weighted by Crippen LogP contribution is 2.19. The Kier molecular flexibility index (Phi) is 6.99. The number of aryl methyl sites for hydroxylation is 2. The number of rotatable bonds is 8. The number of hydrogen-bond acceptors (Lipinski definition) is 2. The Bertz CT molecular complexity index is 349. The molecule has 1 unspecified atom stereocenters. The van der Waals surface area contributed by atoms with E-state index in [4.69, 9.17) is 4.74 Å². The van der Waals surface area contributed by atoms with Gasteiger partial charge in [0.2, 0.25) is 0 Å². The summed E-state index contributed by atoms with van der Waals surface area (Å²) in [5.41, 5.74) is 3.99. The number of nitrogens with one attached hydrogen (secondary N) is 1. The SMILES string of the molecule is CCCCCOCC(NC)c1cc(C)ccc1C. The molecule has 1 aromatic carbocycles. The summed E-state index contributed by atoms with van der Waals surface area (Å²) in [4.78, 5) is 0. The summed E-state index contributed by atoms with van der Waals surface area (Å²) in [6.07, 6.45) is 3.67. The van der Waals surface area contributed by atoms with Crippen LogP contribution in [0.15, 0.2) is 18.2 Å². The Morgan fingerprint density at radius 2 is 2.00 bits per heavy atom. The summed E-state index contributed by atoms with van der Waals surface area (Å²) in [5.74, 6) is 0. The van der Waals surface area contributed by atoms with Crippen LogP contribution in [0.2, 0.25) is 0 Å². The van der Waals surface area contributed by atoms with E-state index in [9.17, 15) is 0 Å². The highest BCUT2D eigenvalue weighted by molar-refractivity contribution is 5.33. The predicted octanol–water partition coefficient (Wildman–Crippen LogP) is 3.77. The molecule has 2 nitrogen and oxygen atoms in total. The number of hydrogen-bond donors (Lipinski definition) is 1. The molecule has 0 aromatic heterocycles. The number of ether oxygens (including phenoxy) is 1. The fraction of sp³-hybridized carbons (Fsp3) is 0.625. The summed E-state index contributed by atoms with van der Waals surface area (Å²) >= 11 is 0. The van der Waals surface area contributed by atoms with Crippen LogP contribution >= 0.6 is 0 Å². The smallest absolute Gasteiger partial charge is 0.0661 e. The Hall–Kier alpha value is -0.860. The quantitative estimate of drug-likeness (QED) is 0.708. The van der Waals surface area contributed by atoms with Crippen LogP contribution in [0.25, 0.3) is 0 Å². The van der Waals surface area contributed by atoms with Crippen LogP contribution in [-0.2, 0) is 4.74 Å². The zero-order valence-corrected chi connectivity index (χ0v) is 12.3. The van der Waals surface area contributed by atoms with E-state index in [2.05, 4.69) is 44.3 Å². The van der Waals surface area contributed by atoms with Crippen LogP contribution < -0.4 is 5.32 Å². The van der Waals surface area contributed by atoms with Gasteiger partial charge in [-0.15, -0.1) is 0 Å². The summed E-state index contributed by atoms with van der Waals surface area (Å²) in [6.45, 7) is 8.14. The van der Waals surface area contributed by atoms with Crippen molar-refractivity contribution in [3.05, 3.63) is 34.9 Å². The molecular weight excluding hydrogens is 222 g/mol. The highest BCUT2D eigenvalue weighted by atomic mass is 16.5. The molecule has 0 saturated carbocycles. The van der Waals surface area contributed by atoms with Gasteiger partial charge in [0.25, 0.3) is 0 Å². The van der Waals surface area contributed by atoms with Crippen molar-refractivity contribution in [2.75, 3.05) is 20.3 Å². The molecule has 0 radical (unpaired) electrons. The van der Waals surface area contributed by atoms with Crippen molar-refractivity contribution in [2.45, 2.75) is 46.1 Å². The van der Waals surface area contributed by atoms with Gasteiger partial charge in [-0.2, -0.15) is 0 Å². The molecule has 0 aliphatic carbocycles. The first kappa shape index (κ1) is 15.2. The van der Waals surface area contributed by atoms with E-state index in [1.54, 1.807) is 0 Å². The van der Waals surface area contributed by atoms with E-state index in [0.717, 1.165) is 13.2 Å². The summed E-state index contributed by atoms with van der Waals surface area (Å²) in [6, 6.07) is 6.90. The van der Waals surface area contributed by atoms with Gasteiger partial charge >= 0.3 is 0 Å². The maximum Gasteiger partial charge on any atom is 0.0661 e. The van der Waals surface area contributed by atoms with E-state index in [1.165, 1.54) is 36.0 Å². The van der Waals surface area contributed by atoms with Crippen molar-refractivity contribution in [3.63, 3.8) is 0 Å². The molecule has 0 spiro atoms. The normalized spacial score (nSPS) is 12.7. The lowest BCUT2D eigenvalue weighted by Gasteiger charge is -2.19. The Labute approximate surface area is 112 Å².